The highest BCUT2D eigenvalue weighted by atomic mass is 16.5. The molecule has 6 heteroatoms. The summed E-state index contributed by atoms with van der Waals surface area (Å²) >= 11 is 0. The van der Waals surface area contributed by atoms with E-state index in [9.17, 15) is 4.79 Å². The first-order valence-electron chi connectivity index (χ1n) is 4.85. The van der Waals surface area contributed by atoms with Crippen LogP contribution in [0.25, 0.3) is 0 Å². The van der Waals surface area contributed by atoms with Crippen molar-refractivity contribution < 1.29 is 9.53 Å². The molecule has 1 aromatic heterocycles. The SMILES string of the molecule is Cn1nc(C(=O)N2CCOCC2)cc1N. The number of amides is 1. The van der Waals surface area contributed by atoms with Gasteiger partial charge in [-0.05, 0) is 0 Å². The molecule has 0 atom stereocenters. The Morgan fingerprint density at radius 3 is 2.73 bits per heavy atom. The van der Waals surface area contributed by atoms with Gasteiger partial charge in [0.15, 0.2) is 5.69 Å². The second-order valence-electron chi connectivity index (χ2n) is 3.48. The van der Waals surface area contributed by atoms with E-state index in [1.54, 1.807) is 18.0 Å². The van der Waals surface area contributed by atoms with Gasteiger partial charge in [0, 0.05) is 26.2 Å². The number of nitrogens with two attached hydrogens (primary N) is 1. The average molecular weight is 210 g/mol. The van der Waals surface area contributed by atoms with Crippen LogP contribution in [0.1, 0.15) is 10.5 Å². The topological polar surface area (TPSA) is 73.4 Å². The molecular weight excluding hydrogens is 196 g/mol. The van der Waals surface area contributed by atoms with Gasteiger partial charge < -0.3 is 15.4 Å². The van der Waals surface area contributed by atoms with Crippen molar-refractivity contribution in [2.75, 3.05) is 32.0 Å². The van der Waals surface area contributed by atoms with E-state index in [1.165, 1.54) is 4.68 Å². The fourth-order valence-electron chi connectivity index (χ4n) is 1.51. The Morgan fingerprint density at radius 1 is 1.53 bits per heavy atom. The van der Waals surface area contributed by atoms with Gasteiger partial charge in [-0.1, -0.05) is 0 Å². The van der Waals surface area contributed by atoms with E-state index in [1.807, 2.05) is 0 Å². The van der Waals surface area contributed by atoms with Crippen molar-refractivity contribution in [2.45, 2.75) is 0 Å². The van der Waals surface area contributed by atoms with Crippen LogP contribution in [-0.2, 0) is 11.8 Å². The molecule has 2 rings (SSSR count). The van der Waals surface area contributed by atoms with Crippen LogP contribution in [0.5, 0.6) is 0 Å². The van der Waals surface area contributed by atoms with Crippen LogP contribution < -0.4 is 5.73 Å². The molecule has 0 aromatic carbocycles. The second kappa shape index (κ2) is 3.90. The molecule has 1 aliphatic rings. The molecule has 6 nitrogen and oxygen atoms in total. The summed E-state index contributed by atoms with van der Waals surface area (Å²) in [7, 11) is 1.71. The molecule has 0 saturated carbocycles. The van der Waals surface area contributed by atoms with Crippen LogP contribution in [-0.4, -0.2) is 46.9 Å². The van der Waals surface area contributed by atoms with Gasteiger partial charge in [0.05, 0.1) is 13.2 Å². The van der Waals surface area contributed by atoms with Crippen molar-refractivity contribution in [3.63, 3.8) is 0 Å². The Kier molecular flexibility index (Phi) is 2.59. The van der Waals surface area contributed by atoms with Gasteiger partial charge >= 0.3 is 0 Å². The van der Waals surface area contributed by atoms with Crippen molar-refractivity contribution in [1.29, 1.82) is 0 Å². The first-order valence-corrected chi connectivity index (χ1v) is 4.85. The minimum Gasteiger partial charge on any atom is -0.384 e. The highest BCUT2D eigenvalue weighted by Crippen LogP contribution is 2.09. The third-order valence-electron chi connectivity index (χ3n) is 2.43. The summed E-state index contributed by atoms with van der Waals surface area (Å²) in [6.07, 6.45) is 0. The number of hydrogen-bond acceptors (Lipinski definition) is 4. The monoisotopic (exact) mass is 210 g/mol. The number of aromatic nitrogens is 2. The number of morpholine rings is 1. The van der Waals surface area contributed by atoms with E-state index in [-0.39, 0.29) is 5.91 Å². The predicted octanol–water partition coefficient (Wildman–Crippen LogP) is -0.525. The normalized spacial score (nSPS) is 16.7. The van der Waals surface area contributed by atoms with Gasteiger partial charge in [0.25, 0.3) is 5.91 Å². The zero-order valence-electron chi connectivity index (χ0n) is 8.64. The predicted molar refractivity (Wildman–Crippen MR) is 54.3 cm³/mol. The summed E-state index contributed by atoms with van der Waals surface area (Å²) in [5.41, 5.74) is 6.01. The van der Waals surface area contributed by atoms with Crippen molar-refractivity contribution in [3.05, 3.63) is 11.8 Å². The third-order valence-corrected chi connectivity index (χ3v) is 2.43. The molecular formula is C9H14N4O2. The molecule has 0 bridgehead atoms. The number of anilines is 1. The quantitative estimate of drug-likeness (QED) is 0.676. The molecule has 1 aromatic rings. The Balaban J connectivity index is 2.12. The van der Waals surface area contributed by atoms with Crippen LogP contribution in [0.2, 0.25) is 0 Å². The van der Waals surface area contributed by atoms with Crippen molar-refractivity contribution in [2.24, 2.45) is 7.05 Å². The Bertz CT molecular complexity index is 349. The largest absolute Gasteiger partial charge is 0.384 e. The molecule has 2 heterocycles. The average Bonchev–Trinajstić information content (AvgIpc) is 2.59. The number of ether oxygens (including phenoxy) is 1. The van der Waals surface area contributed by atoms with Crippen LogP contribution in [0, 0.1) is 0 Å². The number of hydrogen-bond donors (Lipinski definition) is 1. The van der Waals surface area contributed by atoms with Crippen LogP contribution >= 0.6 is 0 Å². The van der Waals surface area contributed by atoms with Crippen molar-refractivity contribution in [1.82, 2.24) is 14.7 Å². The summed E-state index contributed by atoms with van der Waals surface area (Å²) in [5, 5.41) is 4.04. The lowest BCUT2D eigenvalue weighted by atomic mass is 10.3. The Hall–Kier alpha value is -1.56. The molecule has 1 amide bonds. The fraction of sp³-hybridized carbons (Fsp3) is 0.556. The molecule has 0 radical (unpaired) electrons. The summed E-state index contributed by atoms with van der Waals surface area (Å²) in [6, 6.07) is 1.60. The van der Waals surface area contributed by atoms with E-state index >= 15 is 0 Å². The number of carbonyl (C=O) groups is 1. The molecule has 82 valence electrons. The molecule has 0 aliphatic carbocycles. The maximum atomic E-state index is 11.9. The van der Waals surface area contributed by atoms with E-state index in [2.05, 4.69) is 5.10 Å². The van der Waals surface area contributed by atoms with E-state index in [0.717, 1.165) is 0 Å². The standard InChI is InChI=1S/C9H14N4O2/c1-12-8(10)6-7(11-12)9(14)13-2-4-15-5-3-13/h6H,2-5,10H2,1H3. The van der Waals surface area contributed by atoms with E-state index in [4.69, 9.17) is 10.5 Å². The zero-order chi connectivity index (χ0) is 10.8. The lowest BCUT2D eigenvalue weighted by Crippen LogP contribution is -2.40. The summed E-state index contributed by atoms with van der Waals surface area (Å²) in [4.78, 5) is 13.6. The van der Waals surface area contributed by atoms with Crippen molar-refractivity contribution in [3.8, 4) is 0 Å². The highest BCUT2D eigenvalue weighted by molar-refractivity contribution is 5.93. The molecule has 0 spiro atoms. The summed E-state index contributed by atoms with van der Waals surface area (Å²) in [5.74, 6) is 0.414. The van der Waals surface area contributed by atoms with Gasteiger partial charge in [-0.3, -0.25) is 9.48 Å². The Labute approximate surface area is 87.6 Å². The number of nitrogens with zero attached hydrogens (tertiary/aromatic N) is 3. The molecule has 1 aliphatic heterocycles. The van der Waals surface area contributed by atoms with E-state index in [0.29, 0.717) is 37.8 Å². The van der Waals surface area contributed by atoms with Gasteiger partial charge in [0.1, 0.15) is 5.82 Å². The van der Waals surface area contributed by atoms with E-state index < -0.39 is 0 Å². The van der Waals surface area contributed by atoms with Crippen LogP contribution in [0.15, 0.2) is 6.07 Å². The van der Waals surface area contributed by atoms with Gasteiger partial charge in [-0.2, -0.15) is 5.10 Å². The number of rotatable bonds is 1. The number of aryl methyl sites for hydroxylation is 1. The zero-order valence-corrected chi connectivity index (χ0v) is 8.64. The smallest absolute Gasteiger partial charge is 0.274 e. The number of carbonyl (C=O) groups excluding carboxylic acids is 1. The molecule has 1 saturated heterocycles. The molecule has 15 heavy (non-hydrogen) atoms. The van der Waals surface area contributed by atoms with Gasteiger partial charge in [0.2, 0.25) is 0 Å². The van der Waals surface area contributed by atoms with Gasteiger partial charge in [-0.25, -0.2) is 0 Å². The molecule has 2 N–H and O–H groups in total. The maximum absolute atomic E-state index is 11.9. The molecule has 1 fully saturated rings. The van der Waals surface area contributed by atoms with Crippen LogP contribution in [0.4, 0.5) is 5.82 Å². The summed E-state index contributed by atoms with van der Waals surface area (Å²) < 4.78 is 6.66. The minimum atomic E-state index is -0.0781. The minimum absolute atomic E-state index is 0.0781. The lowest BCUT2D eigenvalue weighted by molar-refractivity contribution is 0.0298. The fourth-order valence-corrected chi connectivity index (χ4v) is 1.51. The highest BCUT2D eigenvalue weighted by Gasteiger charge is 2.21. The van der Waals surface area contributed by atoms with Gasteiger partial charge in [-0.15, -0.1) is 0 Å². The van der Waals surface area contributed by atoms with Crippen LogP contribution in [0.3, 0.4) is 0 Å². The second-order valence-corrected chi connectivity index (χ2v) is 3.48. The Morgan fingerprint density at radius 2 is 2.20 bits per heavy atom. The lowest BCUT2D eigenvalue weighted by Gasteiger charge is -2.25. The third kappa shape index (κ3) is 1.94. The molecule has 0 unspecified atom stereocenters. The first-order chi connectivity index (χ1) is 7.18. The van der Waals surface area contributed by atoms with Crippen molar-refractivity contribution >= 4 is 11.7 Å². The first kappa shape index (κ1) is 9.97. The maximum Gasteiger partial charge on any atom is 0.274 e. The summed E-state index contributed by atoms with van der Waals surface area (Å²) in [6.45, 7) is 2.42. The number of nitrogen functional groups attached to an aromatic ring is 1.